The molecule has 5 rings (SSSR count). The van der Waals surface area contributed by atoms with Gasteiger partial charge in [-0.05, 0) is 75.3 Å². The summed E-state index contributed by atoms with van der Waals surface area (Å²) in [6, 6.07) is 14.7. The molecule has 0 spiro atoms. The van der Waals surface area contributed by atoms with E-state index < -0.39 is 0 Å². The number of carbonyl (C=O) groups is 1. The lowest BCUT2D eigenvalue weighted by Crippen LogP contribution is -2.34. The largest absolute Gasteiger partial charge is 0.495 e. The minimum Gasteiger partial charge on any atom is -0.495 e. The lowest BCUT2D eigenvalue weighted by molar-refractivity contribution is -0.120. The van der Waals surface area contributed by atoms with Gasteiger partial charge in [0.15, 0.2) is 5.82 Å². The molecule has 3 aromatic heterocycles. The number of hydrogen-bond acceptors (Lipinski definition) is 10. The van der Waals surface area contributed by atoms with Crippen LogP contribution in [-0.4, -0.2) is 51.0 Å². The van der Waals surface area contributed by atoms with Crippen molar-refractivity contribution in [1.29, 1.82) is 0 Å². The molecular weight excluding hydrogens is 482 g/mol. The Hall–Kier alpha value is -4.64. The molecule has 11 heteroatoms. The van der Waals surface area contributed by atoms with E-state index in [9.17, 15) is 4.79 Å². The van der Waals surface area contributed by atoms with Gasteiger partial charge in [-0.1, -0.05) is 6.07 Å². The highest BCUT2D eigenvalue weighted by atomic mass is 16.5. The van der Waals surface area contributed by atoms with Crippen molar-refractivity contribution in [3.63, 3.8) is 0 Å². The molecule has 1 amide bonds. The van der Waals surface area contributed by atoms with Gasteiger partial charge in [0.2, 0.25) is 11.9 Å². The third kappa shape index (κ3) is 6.19. The standard InChI is InChI=1S/C27H29N9O2/c1-17-4-3-5-20(31-17)25-29-14-10-23(35-25)34-24-11-15-30-27(36-24)32-19-6-7-22(38-2)21(16-19)33-26(37)18-8-12-28-13-9-18/h3-7,10-11,14-16,18,28H,8-9,12-13H2,1-2H3,(H,33,37)(H2,29,30,32,34,35,36). The molecule has 38 heavy (non-hydrogen) atoms. The number of ether oxygens (including phenoxy) is 1. The second kappa shape index (κ2) is 11.6. The maximum Gasteiger partial charge on any atom is 0.229 e. The fraction of sp³-hybridized carbons (Fsp3) is 0.259. The number of benzene rings is 1. The smallest absolute Gasteiger partial charge is 0.229 e. The fourth-order valence-electron chi connectivity index (χ4n) is 4.17. The molecule has 1 aliphatic heterocycles. The zero-order chi connectivity index (χ0) is 26.3. The van der Waals surface area contributed by atoms with Crippen LogP contribution in [-0.2, 0) is 4.79 Å². The first-order valence-electron chi connectivity index (χ1n) is 12.4. The van der Waals surface area contributed by atoms with Crippen LogP contribution in [0.1, 0.15) is 18.5 Å². The van der Waals surface area contributed by atoms with Gasteiger partial charge in [-0.25, -0.2) is 19.9 Å². The minimum atomic E-state index is -0.0207. The number of aryl methyl sites for hydroxylation is 1. The Labute approximate surface area is 220 Å². The van der Waals surface area contributed by atoms with Gasteiger partial charge in [-0.15, -0.1) is 0 Å². The van der Waals surface area contributed by atoms with Crippen molar-refractivity contribution in [3.05, 3.63) is 66.6 Å². The van der Waals surface area contributed by atoms with Gasteiger partial charge < -0.3 is 26.0 Å². The highest BCUT2D eigenvalue weighted by molar-refractivity contribution is 5.94. The molecule has 0 unspecified atom stereocenters. The first-order chi connectivity index (χ1) is 18.6. The van der Waals surface area contributed by atoms with Crippen LogP contribution in [0.15, 0.2) is 60.9 Å². The average Bonchev–Trinajstić information content (AvgIpc) is 2.94. The number of amides is 1. The SMILES string of the molecule is COc1ccc(Nc2nccc(Nc3ccnc(-c4cccc(C)n4)n3)n2)cc1NC(=O)C1CCNCC1. The number of carbonyl (C=O) groups excluding carboxylic acids is 1. The maximum atomic E-state index is 12.8. The summed E-state index contributed by atoms with van der Waals surface area (Å²) in [7, 11) is 1.58. The van der Waals surface area contributed by atoms with Crippen molar-refractivity contribution < 1.29 is 9.53 Å². The summed E-state index contributed by atoms with van der Waals surface area (Å²) in [6.45, 7) is 3.62. The normalized spacial score (nSPS) is 13.5. The average molecular weight is 512 g/mol. The van der Waals surface area contributed by atoms with Crippen LogP contribution in [0.4, 0.5) is 29.0 Å². The monoisotopic (exact) mass is 511 g/mol. The van der Waals surface area contributed by atoms with E-state index in [0.717, 1.165) is 31.6 Å². The summed E-state index contributed by atoms with van der Waals surface area (Å²) in [5, 5.41) is 12.7. The molecule has 4 aromatic rings. The van der Waals surface area contributed by atoms with Crippen molar-refractivity contribution in [2.24, 2.45) is 5.92 Å². The van der Waals surface area contributed by atoms with Crippen molar-refractivity contribution in [2.75, 3.05) is 36.1 Å². The number of nitrogens with one attached hydrogen (secondary N) is 4. The van der Waals surface area contributed by atoms with Gasteiger partial charge >= 0.3 is 0 Å². The highest BCUT2D eigenvalue weighted by Gasteiger charge is 2.22. The van der Waals surface area contributed by atoms with E-state index in [1.165, 1.54) is 0 Å². The van der Waals surface area contributed by atoms with Crippen LogP contribution in [0.2, 0.25) is 0 Å². The molecule has 1 aromatic carbocycles. The van der Waals surface area contributed by atoms with E-state index >= 15 is 0 Å². The van der Waals surface area contributed by atoms with E-state index in [0.29, 0.717) is 46.2 Å². The minimum absolute atomic E-state index is 0.00511. The summed E-state index contributed by atoms with van der Waals surface area (Å²) in [4.78, 5) is 35.1. The molecule has 11 nitrogen and oxygen atoms in total. The highest BCUT2D eigenvalue weighted by Crippen LogP contribution is 2.30. The number of rotatable bonds is 8. The van der Waals surface area contributed by atoms with Crippen molar-refractivity contribution in [2.45, 2.75) is 19.8 Å². The molecule has 1 fully saturated rings. The summed E-state index contributed by atoms with van der Waals surface area (Å²) in [5.41, 5.74) is 2.89. The molecule has 194 valence electrons. The third-order valence-corrected chi connectivity index (χ3v) is 6.11. The lowest BCUT2D eigenvalue weighted by Gasteiger charge is -2.22. The molecule has 0 saturated carbocycles. The Kier molecular flexibility index (Phi) is 7.65. The molecule has 0 bridgehead atoms. The molecule has 0 atom stereocenters. The Morgan fingerprint density at radius 1 is 0.947 bits per heavy atom. The van der Waals surface area contributed by atoms with Gasteiger partial charge in [0.25, 0.3) is 0 Å². The van der Waals surface area contributed by atoms with Crippen LogP contribution < -0.4 is 26.0 Å². The van der Waals surface area contributed by atoms with Crippen molar-refractivity contribution >= 4 is 34.9 Å². The molecule has 4 N–H and O–H groups in total. The van der Waals surface area contributed by atoms with Crippen LogP contribution in [0, 0.1) is 12.8 Å². The van der Waals surface area contributed by atoms with Crippen molar-refractivity contribution in [3.8, 4) is 17.3 Å². The number of nitrogens with zero attached hydrogens (tertiary/aromatic N) is 5. The summed E-state index contributed by atoms with van der Waals surface area (Å²) >= 11 is 0. The van der Waals surface area contributed by atoms with E-state index in [-0.39, 0.29) is 11.8 Å². The topological polar surface area (TPSA) is 139 Å². The van der Waals surface area contributed by atoms with Gasteiger partial charge in [-0.3, -0.25) is 4.79 Å². The number of pyridine rings is 1. The van der Waals surface area contributed by atoms with Crippen LogP contribution in [0.3, 0.4) is 0 Å². The second-order valence-corrected chi connectivity index (χ2v) is 8.87. The Bertz CT molecular complexity index is 1420. The molecular formula is C27H29N9O2. The number of anilines is 5. The van der Waals surface area contributed by atoms with Crippen LogP contribution in [0.25, 0.3) is 11.5 Å². The number of aromatic nitrogens is 5. The molecule has 0 aliphatic carbocycles. The predicted octanol–water partition coefficient (Wildman–Crippen LogP) is 4.07. The number of hydrogen-bond donors (Lipinski definition) is 4. The Morgan fingerprint density at radius 2 is 1.74 bits per heavy atom. The molecule has 1 aliphatic rings. The third-order valence-electron chi connectivity index (χ3n) is 6.11. The summed E-state index contributed by atoms with van der Waals surface area (Å²) < 4.78 is 5.46. The van der Waals surface area contributed by atoms with Crippen molar-refractivity contribution in [1.82, 2.24) is 30.2 Å². The Morgan fingerprint density at radius 3 is 2.53 bits per heavy atom. The van der Waals surface area contributed by atoms with Crippen LogP contribution >= 0.6 is 0 Å². The lowest BCUT2D eigenvalue weighted by atomic mass is 9.97. The second-order valence-electron chi connectivity index (χ2n) is 8.87. The quantitative estimate of drug-likeness (QED) is 0.274. The number of methoxy groups -OCH3 is 1. The summed E-state index contributed by atoms with van der Waals surface area (Å²) in [6.07, 6.45) is 4.95. The van der Waals surface area contributed by atoms with Gasteiger partial charge in [-0.2, -0.15) is 4.98 Å². The van der Waals surface area contributed by atoms with E-state index in [1.807, 2.05) is 37.3 Å². The zero-order valence-electron chi connectivity index (χ0n) is 21.2. The van der Waals surface area contributed by atoms with E-state index in [2.05, 4.69) is 46.2 Å². The first-order valence-corrected chi connectivity index (χ1v) is 12.4. The number of piperidine rings is 1. The first kappa shape index (κ1) is 25.0. The summed E-state index contributed by atoms with van der Waals surface area (Å²) in [5.74, 6) is 2.58. The predicted molar refractivity (Wildman–Crippen MR) is 146 cm³/mol. The van der Waals surface area contributed by atoms with E-state index in [1.54, 1.807) is 37.7 Å². The van der Waals surface area contributed by atoms with Gasteiger partial charge in [0.1, 0.15) is 23.1 Å². The zero-order valence-corrected chi connectivity index (χ0v) is 21.2. The van der Waals surface area contributed by atoms with Gasteiger partial charge in [0.05, 0.1) is 12.8 Å². The fourth-order valence-corrected chi connectivity index (χ4v) is 4.17. The van der Waals surface area contributed by atoms with Crippen LogP contribution in [0.5, 0.6) is 5.75 Å². The van der Waals surface area contributed by atoms with E-state index in [4.69, 9.17) is 4.74 Å². The maximum absolute atomic E-state index is 12.8. The molecule has 4 heterocycles. The Balaban J connectivity index is 1.30. The molecule has 0 radical (unpaired) electrons. The van der Waals surface area contributed by atoms with Gasteiger partial charge in [0, 0.05) is 29.7 Å². The molecule has 1 saturated heterocycles.